The minimum Gasteiger partial charge on any atom is -0.354 e. The number of likely N-dealkylation sites (N-methyl/N-ethyl adjacent to an activating group) is 1. The van der Waals surface area contributed by atoms with Crippen LogP contribution in [0.2, 0.25) is 0 Å². The van der Waals surface area contributed by atoms with Gasteiger partial charge in [0.1, 0.15) is 0 Å². The molecule has 0 saturated heterocycles. The molecule has 0 spiro atoms. The molecule has 4 heteroatoms. The topological polar surface area (TPSA) is 58.4 Å². The van der Waals surface area contributed by atoms with Crippen molar-refractivity contribution in [2.45, 2.75) is 33.6 Å². The highest BCUT2D eigenvalue weighted by Crippen LogP contribution is 2.24. The first-order valence-corrected chi connectivity index (χ1v) is 6.23. The van der Waals surface area contributed by atoms with E-state index in [9.17, 15) is 4.79 Å². The van der Waals surface area contributed by atoms with E-state index in [1.807, 2.05) is 20.9 Å². The van der Waals surface area contributed by atoms with Gasteiger partial charge in [-0.05, 0) is 26.4 Å². The first-order valence-electron chi connectivity index (χ1n) is 6.23. The maximum atomic E-state index is 12.0. The Hall–Kier alpha value is -0.610. The zero-order valence-electron chi connectivity index (χ0n) is 11.2. The Labute approximate surface area is 99.6 Å². The molecule has 4 nitrogen and oxygen atoms in total. The lowest BCUT2D eigenvalue weighted by Gasteiger charge is -2.29. The average Bonchev–Trinajstić information content (AvgIpc) is 2.31. The monoisotopic (exact) mass is 229 g/mol. The molecule has 0 aromatic rings. The Morgan fingerprint density at radius 2 is 1.88 bits per heavy atom. The van der Waals surface area contributed by atoms with Crippen molar-refractivity contribution in [1.29, 1.82) is 0 Å². The van der Waals surface area contributed by atoms with Crippen molar-refractivity contribution in [1.82, 2.24) is 10.2 Å². The van der Waals surface area contributed by atoms with Crippen LogP contribution in [0.25, 0.3) is 0 Å². The number of carbonyl (C=O) groups is 1. The lowest BCUT2D eigenvalue weighted by molar-refractivity contribution is -0.131. The van der Waals surface area contributed by atoms with Crippen LogP contribution >= 0.6 is 0 Å². The summed E-state index contributed by atoms with van der Waals surface area (Å²) in [5.41, 5.74) is 5.35. The maximum Gasteiger partial charge on any atom is 0.227 e. The predicted molar refractivity (Wildman–Crippen MR) is 68.3 cm³/mol. The van der Waals surface area contributed by atoms with Crippen molar-refractivity contribution in [2.75, 3.05) is 33.2 Å². The molecule has 0 radical (unpaired) electrons. The third-order valence-electron chi connectivity index (χ3n) is 3.54. The zero-order valence-corrected chi connectivity index (χ0v) is 11.2. The Balaban J connectivity index is 4.12. The summed E-state index contributed by atoms with van der Waals surface area (Å²) in [4.78, 5) is 14.2. The lowest BCUT2D eigenvalue weighted by Crippen LogP contribution is -2.46. The second-order valence-corrected chi connectivity index (χ2v) is 4.34. The lowest BCUT2D eigenvalue weighted by atomic mass is 9.81. The number of hydrogen-bond acceptors (Lipinski definition) is 3. The van der Waals surface area contributed by atoms with Gasteiger partial charge in [0.25, 0.3) is 0 Å². The molecule has 0 rings (SSSR count). The van der Waals surface area contributed by atoms with Crippen LogP contribution in [0.15, 0.2) is 0 Å². The summed E-state index contributed by atoms with van der Waals surface area (Å²) in [7, 11) is 2.04. The molecule has 1 amide bonds. The van der Waals surface area contributed by atoms with Gasteiger partial charge in [-0.3, -0.25) is 4.79 Å². The standard InChI is InChI=1S/C12H27N3O/c1-5-12(6-2,10-13)11(16)14-8-9-15(4)7-3/h5-10,13H2,1-4H3,(H,14,16). The molecule has 0 aliphatic heterocycles. The highest BCUT2D eigenvalue weighted by atomic mass is 16.2. The highest BCUT2D eigenvalue weighted by Gasteiger charge is 2.32. The van der Waals surface area contributed by atoms with Crippen LogP contribution in [0.1, 0.15) is 33.6 Å². The molecule has 96 valence electrons. The Morgan fingerprint density at radius 1 is 1.31 bits per heavy atom. The molecule has 0 unspecified atom stereocenters. The Morgan fingerprint density at radius 3 is 2.25 bits per heavy atom. The largest absolute Gasteiger partial charge is 0.354 e. The van der Waals surface area contributed by atoms with Gasteiger partial charge in [-0.1, -0.05) is 20.8 Å². The summed E-state index contributed by atoms with van der Waals surface area (Å²) >= 11 is 0. The normalized spacial score (nSPS) is 11.9. The number of carbonyl (C=O) groups excluding carboxylic acids is 1. The van der Waals surface area contributed by atoms with Gasteiger partial charge >= 0.3 is 0 Å². The van der Waals surface area contributed by atoms with Crippen LogP contribution in [0.4, 0.5) is 0 Å². The van der Waals surface area contributed by atoms with Gasteiger partial charge in [0, 0.05) is 19.6 Å². The molecular weight excluding hydrogens is 202 g/mol. The third kappa shape index (κ3) is 4.10. The minimum absolute atomic E-state index is 0.101. The average molecular weight is 229 g/mol. The Bertz CT molecular complexity index is 194. The molecule has 0 aromatic heterocycles. The van der Waals surface area contributed by atoms with Crippen LogP contribution in [0, 0.1) is 5.41 Å². The van der Waals surface area contributed by atoms with Crippen molar-refractivity contribution in [3.8, 4) is 0 Å². The summed E-state index contributed by atoms with van der Waals surface area (Å²) in [5, 5.41) is 2.98. The second kappa shape index (κ2) is 7.63. The van der Waals surface area contributed by atoms with Gasteiger partial charge in [-0.15, -0.1) is 0 Å². The summed E-state index contributed by atoms with van der Waals surface area (Å²) in [6, 6.07) is 0. The van der Waals surface area contributed by atoms with Crippen LogP contribution in [-0.2, 0) is 4.79 Å². The molecule has 0 bridgehead atoms. The van der Waals surface area contributed by atoms with Crippen LogP contribution < -0.4 is 11.1 Å². The number of nitrogens with one attached hydrogen (secondary N) is 1. The van der Waals surface area contributed by atoms with Crippen LogP contribution in [0.5, 0.6) is 0 Å². The van der Waals surface area contributed by atoms with Crippen LogP contribution in [-0.4, -0.2) is 44.0 Å². The fourth-order valence-corrected chi connectivity index (χ4v) is 1.66. The minimum atomic E-state index is -0.370. The summed E-state index contributed by atoms with van der Waals surface area (Å²) in [6.45, 7) is 9.16. The number of hydrogen-bond donors (Lipinski definition) is 2. The molecule has 0 heterocycles. The molecule has 0 aliphatic rings. The van der Waals surface area contributed by atoms with Gasteiger partial charge in [-0.25, -0.2) is 0 Å². The van der Waals surface area contributed by atoms with Crippen molar-refractivity contribution >= 4 is 5.91 Å². The van der Waals surface area contributed by atoms with E-state index in [1.165, 1.54) is 0 Å². The summed E-state index contributed by atoms with van der Waals surface area (Å²) < 4.78 is 0. The van der Waals surface area contributed by atoms with E-state index < -0.39 is 0 Å². The van der Waals surface area contributed by atoms with E-state index in [2.05, 4.69) is 17.1 Å². The van der Waals surface area contributed by atoms with Crippen LogP contribution in [0.3, 0.4) is 0 Å². The van der Waals surface area contributed by atoms with E-state index >= 15 is 0 Å². The molecule has 3 N–H and O–H groups in total. The molecule has 16 heavy (non-hydrogen) atoms. The second-order valence-electron chi connectivity index (χ2n) is 4.34. The summed E-state index contributed by atoms with van der Waals surface area (Å²) in [5.74, 6) is 0.101. The van der Waals surface area contributed by atoms with Crippen molar-refractivity contribution in [3.63, 3.8) is 0 Å². The maximum absolute atomic E-state index is 12.0. The number of amides is 1. The van der Waals surface area contributed by atoms with E-state index in [0.29, 0.717) is 13.1 Å². The van der Waals surface area contributed by atoms with Gasteiger partial charge in [0.05, 0.1) is 5.41 Å². The van der Waals surface area contributed by atoms with Crippen molar-refractivity contribution in [2.24, 2.45) is 11.1 Å². The quantitative estimate of drug-likeness (QED) is 0.648. The summed E-state index contributed by atoms with van der Waals surface area (Å²) in [6.07, 6.45) is 1.60. The fraction of sp³-hybridized carbons (Fsp3) is 0.917. The van der Waals surface area contributed by atoms with Crippen molar-refractivity contribution < 1.29 is 4.79 Å². The van der Waals surface area contributed by atoms with E-state index in [4.69, 9.17) is 5.73 Å². The molecule has 0 fully saturated rings. The highest BCUT2D eigenvalue weighted by molar-refractivity contribution is 5.82. The molecular formula is C12H27N3O. The fourth-order valence-electron chi connectivity index (χ4n) is 1.66. The molecule has 0 aliphatic carbocycles. The van der Waals surface area contributed by atoms with Crippen molar-refractivity contribution in [3.05, 3.63) is 0 Å². The molecule has 0 saturated carbocycles. The molecule has 0 aromatic carbocycles. The SMILES string of the molecule is CCN(C)CCNC(=O)C(CC)(CC)CN. The van der Waals surface area contributed by atoms with E-state index in [0.717, 1.165) is 25.9 Å². The van der Waals surface area contributed by atoms with Gasteiger partial charge in [0.2, 0.25) is 5.91 Å². The number of rotatable bonds is 8. The number of nitrogens with two attached hydrogens (primary N) is 1. The van der Waals surface area contributed by atoms with Gasteiger partial charge in [-0.2, -0.15) is 0 Å². The third-order valence-corrected chi connectivity index (χ3v) is 3.54. The molecule has 0 atom stereocenters. The van der Waals surface area contributed by atoms with Gasteiger partial charge in [0.15, 0.2) is 0 Å². The van der Waals surface area contributed by atoms with Gasteiger partial charge < -0.3 is 16.0 Å². The van der Waals surface area contributed by atoms with E-state index in [1.54, 1.807) is 0 Å². The number of nitrogens with zero attached hydrogens (tertiary/aromatic N) is 1. The first kappa shape index (κ1) is 15.4. The first-order chi connectivity index (χ1) is 7.56. The van der Waals surface area contributed by atoms with E-state index in [-0.39, 0.29) is 11.3 Å². The Kier molecular flexibility index (Phi) is 7.34. The predicted octanol–water partition coefficient (Wildman–Crippen LogP) is 0.819. The zero-order chi connectivity index (χ0) is 12.6. The smallest absolute Gasteiger partial charge is 0.227 e.